The zero-order chi connectivity index (χ0) is 14.3. The smallest absolute Gasteiger partial charge is 0.0640 e. The topological polar surface area (TPSA) is 29.9 Å². The van der Waals surface area contributed by atoms with Gasteiger partial charge in [-0.15, -0.1) is 0 Å². The summed E-state index contributed by atoms with van der Waals surface area (Å²) in [6.07, 6.45) is 5.49. The van der Waals surface area contributed by atoms with Gasteiger partial charge in [-0.3, -0.25) is 4.68 Å². The largest absolute Gasteiger partial charge is 0.316 e. The fourth-order valence-electron chi connectivity index (χ4n) is 1.81. The van der Waals surface area contributed by atoms with Gasteiger partial charge in [-0.25, -0.2) is 0 Å². The highest BCUT2D eigenvalue weighted by molar-refractivity contribution is 7.99. The van der Waals surface area contributed by atoms with Gasteiger partial charge in [0.05, 0.1) is 5.69 Å². The first-order valence-electron chi connectivity index (χ1n) is 7.43. The Kier molecular flexibility index (Phi) is 7.54. The molecule has 0 aliphatic rings. The molecule has 4 heteroatoms. The third-order valence-corrected chi connectivity index (χ3v) is 5.22. The van der Waals surface area contributed by atoms with E-state index in [1.165, 1.54) is 12.1 Å². The Morgan fingerprint density at radius 2 is 2.05 bits per heavy atom. The number of nitrogens with one attached hydrogen (secondary N) is 1. The van der Waals surface area contributed by atoms with Gasteiger partial charge in [-0.1, -0.05) is 20.8 Å². The number of aromatic nitrogens is 2. The number of hydrogen-bond acceptors (Lipinski definition) is 3. The third-order valence-electron chi connectivity index (χ3n) is 3.73. The van der Waals surface area contributed by atoms with Crippen molar-refractivity contribution < 1.29 is 0 Å². The van der Waals surface area contributed by atoms with Gasteiger partial charge in [0.1, 0.15) is 0 Å². The molecule has 110 valence electrons. The molecular formula is C15H29N3S. The Hall–Kier alpha value is -0.480. The van der Waals surface area contributed by atoms with E-state index in [1.54, 1.807) is 0 Å². The SMILES string of the molecule is CCC(C)SCC(Cc1ccn(C(C)CC)n1)NC. The maximum Gasteiger partial charge on any atom is 0.0640 e. The number of thioether (sulfide) groups is 1. The monoisotopic (exact) mass is 283 g/mol. The van der Waals surface area contributed by atoms with Crippen molar-refractivity contribution in [2.75, 3.05) is 12.8 Å². The van der Waals surface area contributed by atoms with Crippen LogP contribution >= 0.6 is 11.8 Å². The molecule has 1 aromatic heterocycles. The molecule has 0 radical (unpaired) electrons. The Labute approximate surface area is 122 Å². The minimum atomic E-state index is 0.497. The van der Waals surface area contributed by atoms with Crippen LogP contribution in [0.2, 0.25) is 0 Å². The fraction of sp³-hybridized carbons (Fsp3) is 0.800. The van der Waals surface area contributed by atoms with Crippen LogP contribution in [0.3, 0.4) is 0 Å². The quantitative estimate of drug-likeness (QED) is 0.752. The van der Waals surface area contributed by atoms with Crippen LogP contribution < -0.4 is 5.32 Å². The van der Waals surface area contributed by atoms with Crippen LogP contribution in [0.5, 0.6) is 0 Å². The van der Waals surface area contributed by atoms with Crippen LogP contribution in [0.25, 0.3) is 0 Å². The molecule has 0 saturated carbocycles. The predicted octanol–water partition coefficient (Wildman–Crippen LogP) is 3.52. The van der Waals surface area contributed by atoms with E-state index >= 15 is 0 Å². The number of likely N-dealkylation sites (N-methyl/N-ethyl adjacent to an activating group) is 1. The summed E-state index contributed by atoms with van der Waals surface area (Å²) in [4.78, 5) is 0. The van der Waals surface area contributed by atoms with Crippen LogP contribution in [0, 0.1) is 0 Å². The van der Waals surface area contributed by atoms with Crippen molar-refractivity contribution in [1.82, 2.24) is 15.1 Å². The van der Waals surface area contributed by atoms with Crippen LogP contribution in [0.4, 0.5) is 0 Å². The van der Waals surface area contributed by atoms with E-state index in [0.717, 1.165) is 23.8 Å². The first-order valence-corrected chi connectivity index (χ1v) is 8.48. The maximum atomic E-state index is 4.68. The van der Waals surface area contributed by atoms with Gasteiger partial charge in [0, 0.05) is 35.7 Å². The highest BCUT2D eigenvalue weighted by Gasteiger charge is 2.12. The molecule has 3 nitrogen and oxygen atoms in total. The molecule has 0 aromatic carbocycles. The summed E-state index contributed by atoms with van der Waals surface area (Å²) in [5.74, 6) is 1.15. The lowest BCUT2D eigenvalue weighted by molar-refractivity contribution is 0.470. The van der Waals surface area contributed by atoms with Gasteiger partial charge >= 0.3 is 0 Å². The molecule has 0 saturated heterocycles. The van der Waals surface area contributed by atoms with E-state index in [1.807, 2.05) is 18.8 Å². The van der Waals surface area contributed by atoms with E-state index in [2.05, 4.69) is 55.1 Å². The Morgan fingerprint density at radius 1 is 1.32 bits per heavy atom. The first-order chi connectivity index (χ1) is 9.10. The summed E-state index contributed by atoms with van der Waals surface area (Å²) in [6.45, 7) is 8.96. The highest BCUT2D eigenvalue weighted by Crippen LogP contribution is 2.16. The lowest BCUT2D eigenvalue weighted by Gasteiger charge is -2.17. The second-order valence-electron chi connectivity index (χ2n) is 5.29. The van der Waals surface area contributed by atoms with Gasteiger partial charge in [0.15, 0.2) is 0 Å². The normalized spacial score (nSPS) is 16.3. The van der Waals surface area contributed by atoms with Gasteiger partial charge in [0.25, 0.3) is 0 Å². The molecule has 0 aliphatic carbocycles. The molecule has 1 rings (SSSR count). The van der Waals surface area contributed by atoms with Gasteiger partial charge in [-0.05, 0) is 32.9 Å². The molecule has 3 atom stereocenters. The van der Waals surface area contributed by atoms with Gasteiger partial charge in [-0.2, -0.15) is 16.9 Å². The van der Waals surface area contributed by atoms with Crippen molar-refractivity contribution in [2.24, 2.45) is 0 Å². The van der Waals surface area contributed by atoms with Crippen molar-refractivity contribution in [3.05, 3.63) is 18.0 Å². The van der Waals surface area contributed by atoms with Crippen molar-refractivity contribution >= 4 is 11.8 Å². The second-order valence-corrected chi connectivity index (χ2v) is 6.76. The summed E-state index contributed by atoms with van der Waals surface area (Å²) in [5.41, 5.74) is 1.20. The molecule has 0 aliphatic heterocycles. The minimum absolute atomic E-state index is 0.497. The summed E-state index contributed by atoms with van der Waals surface area (Å²) in [7, 11) is 2.05. The average Bonchev–Trinajstić information content (AvgIpc) is 2.90. The van der Waals surface area contributed by atoms with Crippen molar-refractivity contribution in [3.63, 3.8) is 0 Å². The zero-order valence-electron chi connectivity index (χ0n) is 13.0. The third kappa shape index (κ3) is 5.57. The van der Waals surface area contributed by atoms with E-state index in [4.69, 9.17) is 0 Å². The Balaban J connectivity index is 2.48. The van der Waals surface area contributed by atoms with E-state index in [0.29, 0.717) is 12.1 Å². The highest BCUT2D eigenvalue weighted by atomic mass is 32.2. The van der Waals surface area contributed by atoms with E-state index in [9.17, 15) is 0 Å². The van der Waals surface area contributed by atoms with Gasteiger partial charge in [0.2, 0.25) is 0 Å². The van der Waals surface area contributed by atoms with Crippen molar-refractivity contribution in [1.29, 1.82) is 0 Å². The number of hydrogen-bond donors (Lipinski definition) is 1. The molecule has 3 unspecified atom stereocenters. The fourth-order valence-corrected chi connectivity index (χ4v) is 2.89. The number of rotatable bonds is 9. The lowest BCUT2D eigenvalue weighted by Crippen LogP contribution is -2.31. The standard InChI is InChI=1S/C15H29N3S/c1-6-12(3)18-9-8-14(17-18)10-15(16-5)11-19-13(4)7-2/h8-9,12-13,15-16H,6-7,10-11H2,1-5H3. The summed E-state index contributed by atoms with van der Waals surface area (Å²) in [5, 5.41) is 8.84. The minimum Gasteiger partial charge on any atom is -0.316 e. The van der Waals surface area contributed by atoms with Gasteiger partial charge < -0.3 is 5.32 Å². The molecule has 1 N–H and O–H groups in total. The molecule has 0 bridgehead atoms. The molecule has 1 heterocycles. The summed E-state index contributed by atoms with van der Waals surface area (Å²) in [6, 6.07) is 3.17. The maximum absolute atomic E-state index is 4.68. The lowest BCUT2D eigenvalue weighted by atomic mass is 10.2. The predicted molar refractivity (Wildman–Crippen MR) is 86.0 cm³/mol. The Bertz CT molecular complexity index is 351. The molecule has 0 fully saturated rings. The summed E-state index contributed by atoms with van der Waals surface area (Å²) >= 11 is 2.05. The molecular weight excluding hydrogens is 254 g/mol. The van der Waals surface area contributed by atoms with E-state index < -0.39 is 0 Å². The molecule has 0 spiro atoms. The molecule has 0 amide bonds. The molecule has 1 aromatic rings. The van der Waals surface area contributed by atoms with Crippen molar-refractivity contribution in [2.45, 2.75) is 64.3 Å². The van der Waals surface area contributed by atoms with Crippen molar-refractivity contribution in [3.8, 4) is 0 Å². The van der Waals surface area contributed by atoms with E-state index in [-0.39, 0.29) is 0 Å². The van der Waals surface area contributed by atoms with Crippen LogP contribution in [0.15, 0.2) is 12.3 Å². The van der Waals surface area contributed by atoms with Crippen LogP contribution in [-0.4, -0.2) is 33.9 Å². The second kappa shape index (κ2) is 8.64. The number of nitrogens with zero attached hydrogens (tertiary/aromatic N) is 2. The summed E-state index contributed by atoms with van der Waals surface area (Å²) < 4.78 is 2.09. The van der Waals surface area contributed by atoms with Crippen LogP contribution in [0.1, 0.15) is 52.3 Å². The Morgan fingerprint density at radius 3 is 2.63 bits per heavy atom. The first kappa shape index (κ1) is 16.6. The van der Waals surface area contributed by atoms with Crippen LogP contribution in [-0.2, 0) is 6.42 Å². The zero-order valence-corrected chi connectivity index (χ0v) is 13.8. The average molecular weight is 283 g/mol. The molecule has 19 heavy (non-hydrogen) atoms.